The van der Waals surface area contributed by atoms with Crippen LogP contribution in [0.1, 0.15) is 44.2 Å². The van der Waals surface area contributed by atoms with Crippen LogP contribution >= 0.6 is 0 Å². The highest BCUT2D eigenvalue weighted by Crippen LogP contribution is 2.23. The van der Waals surface area contributed by atoms with E-state index in [-0.39, 0.29) is 23.5 Å². The first-order chi connectivity index (χ1) is 11.9. The van der Waals surface area contributed by atoms with Gasteiger partial charge in [0.1, 0.15) is 11.5 Å². The number of rotatable bonds is 8. The maximum atomic E-state index is 12.2. The van der Waals surface area contributed by atoms with E-state index in [9.17, 15) is 9.00 Å². The molecule has 1 heterocycles. The molecule has 0 radical (unpaired) electrons. The van der Waals surface area contributed by atoms with Gasteiger partial charge in [-0.15, -0.1) is 0 Å². The van der Waals surface area contributed by atoms with Crippen molar-refractivity contribution in [1.82, 2.24) is 10.3 Å². The number of carbonyl (C=O) groups is 1. The van der Waals surface area contributed by atoms with Gasteiger partial charge in [0.05, 0.1) is 11.4 Å². The first kappa shape index (κ1) is 19.4. The zero-order chi connectivity index (χ0) is 18.4. The lowest BCUT2D eigenvalue weighted by Gasteiger charge is -2.10. The van der Waals surface area contributed by atoms with E-state index in [2.05, 4.69) is 17.2 Å². The van der Waals surface area contributed by atoms with Crippen LogP contribution in [0.25, 0.3) is 11.5 Å². The van der Waals surface area contributed by atoms with Crippen molar-refractivity contribution in [3.63, 3.8) is 0 Å². The maximum absolute atomic E-state index is 12.2. The van der Waals surface area contributed by atoms with Crippen molar-refractivity contribution < 1.29 is 13.4 Å². The Hall–Kier alpha value is -1.95. The average Bonchev–Trinajstić information content (AvgIpc) is 2.95. The van der Waals surface area contributed by atoms with Gasteiger partial charge in [-0.3, -0.25) is 9.00 Å². The predicted octanol–water partition coefficient (Wildman–Crippen LogP) is 3.38. The summed E-state index contributed by atoms with van der Waals surface area (Å²) >= 11 is 0. The van der Waals surface area contributed by atoms with Gasteiger partial charge in [-0.05, 0) is 44.4 Å². The number of nitrogens with one attached hydrogen (secondary N) is 1. The summed E-state index contributed by atoms with van der Waals surface area (Å²) in [7, 11) is -1.31. The van der Waals surface area contributed by atoms with Crippen LogP contribution in [0.5, 0.6) is 0 Å². The first-order valence-corrected chi connectivity index (χ1v) is 10.1. The number of oxazole rings is 1. The number of carbonyl (C=O) groups excluding carboxylic acids is 1. The zero-order valence-electron chi connectivity index (χ0n) is 15.3. The van der Waals surface area contributed by atoms with E-state index in [1.54, 1.807) is 0 Å². The molecule has 0 saturated carbocycles. The van der Waals surface area contributed by atoms with Crippen molar-refractivity contribution in [2.24, 2.45) is 0 Å². The molecule has 136 valence electrons. The number of aryl methyl sites for hydroxylation is 2. The van der Waals surface area contributed by atoms with Crippen LogP contribution in [0.4, 0.5) is 0 Å². The van der Waals surface area contributed by atoms with Gasteiger partial charge in [-0.25, -0.2) is 4.98 Å². The summed E-state index contributed by atoms with van der Waals surface area (Å²) in [6.07, 6.45) is 1.83. The predicted molar refractivity (Wildman–Crippen MR) is 101 cm³/mol. The maximum Gasteiger partial charge on any atom is 0.232 e. The molecule has 0 spiro atoms. The van der Waals surface area contributed by atoms with Gasteiger partial charge < -0.3 is 9.73 Å². The van der Waals surface area contributed by atoms with E-state index < -0.39 is 10.8 Å². The van der Waals surface area contributed by atoms with Gasteiger partial charge in [0, 0.05) is 22.4 Å². The van der Waals surface area contributed by atoms with Gasteiger partial charge in [0.15, 0.2) is 0 Å². The SMILES string of the molecule is CCc1ccc(-c2nc(C[S@@](=O)CC(=O)N[C@H](C)CC)c(C)o2)cc1. The molecule has 0 aliphatic heterocycles. The Morgan fingerprint density at radius 3 is 2.56 bits per heavy atom. The summed E-state index contributed by atoms with van der Waals surface area (Å²) in [4.78, 5) is 16.3. The molecule has 0 fully saturated rings. The third kappa shape index (κ3) is 5.53. The van der Waals surface area contributed by atoms with Gasteiger partial charge in [0.2, 0.25) is 11.8 Å². The molecule has 0 aliphatic carbocycles. The average molecular weight is 362 g/mol. The highest BCUT2D eigenvalue weighted by atomic mass is 32.2. The lowest BCUT2D eigenvalue weighted by atomic mass is 10.1. The Morgan fingerprint density at radius 2 is 1.96 bits per heavy atom. The van der Waals surface area contributed by atoms with Crippen molar-refractivity contribution in [2.75, 3.05) is 5.75 Å². The molecule has 25 heavy (non-hydrogen) atoms. The molecule has 1 N–H and O–H groups in total. The van der Waals surface area contributed by atoms with E-state index in [1.807, 2.05) is 45.0 Å². The standard InChI is InChI=1S/C19H26N2O3S/c1-5-13(3)20-18(22)12-25(23)11-17-14(4)24-19(21-17)16-9-7-15(6-2)8-10-16/h7-10,13H,5-6,11-12H2,1-4H3,(H,20,22)/t13-,25-/m1/s1. The lowest BCUT2D eigenvalue weighted by molar-refractivity contribution is -0.119. The van der Waals surface area contributed by atoms with E-state index >= 15 is 0 Å². The summed E-state index contributed by atoms with van der Waals surface area (Å²) in [5.41, 5.74) is 2.79. The minimum Gasteiger partial charge on any atom is -0.441 e. The fourth-order valence-corrected chi connectivity index (χ4v) is 3.39. The summed E-state index contributed by atoms with van der Waals surface area (Å²) < 4.78 is 18.0. The Kier molecular flexibility index (Phi) is 6.93. The first-order valence-electron chi connectivity index (χ1n) is 8.62. The van der Waals surface area contributed by atoms with Gasteiger partial charge in [-0.1, -0.05) is 26.0 Å². The number of benzene rings is 1. The van der Waals surface area contributed by atoms with E-state index in [4.69, 9.17) is 4.42 Å². The Balaban J connectivity index is 2.02. The van der Waals surface area contributed by atoms with Crippen LogP contribution in [0.3, 0.4) is 0 Å². The minimum atomic E-state index is -1.31. The van der Waals surface area contributed by atoms with Crippen molar-refractivity contribution in [3.8, 4) is 11.5 Å². The van der Waals surface area contributed by atoms with Crippen LogP contribution < -0.4 is 5.32 Å². The van der Waals surface area contributed by atoms with Crippen molar-refractivity contribution in [1.29, 1.82) is 0 Å². The van der Waals surface area contributed by atoms with Crippen molar-refractivity contribution in [3.05, 3.63) is 41.3 Å². The number of aromatic nitrogens is 1. The summed E-state index contributed by atoms with van der Waals surface area (Å²) in [5, 5.41) is 2.83. The molecule has 1 aromatic carbocycles. The van der Waals surface area contributed by atoms with E-state index in [1.165, 1.54) is 5.56 Å². The molecule has 0 bridgehead atoms. The monoisotopic (exact) mass is 362 g/mol. The number of nitrogens with zero attached hydrogens (tertiary/aromatic N) is 1. The smallest absolute Gasteiger partial charge is 0.232 e. The fourth-order valence-electron chi connectivity index (χ4n) is 2.34. The fraction of sp³-hybridized carbons (Fsp3) is 0.474. The van der Waals surface area contributed by atoms with Crippen LogP contribution in [0.2, 0.25) is 0 Å². The third-order valence-electron chi connectivity index (χ3n) is 4.11. The lowest BCUT2D eigenvalue weighted by Crippen LogP contribution is -2.35. The Labute approximate surface area is 151 Å². The molecule has 0 aliphatic rings. The molecule has 1 aromatic heterocycles. The molecule has 2 aromatic rings. The Bertz CT molecular complexity index is 738. The zero-order valence-corrected chi connectivity index (χ0v) is 16.1. The van der Waals surface area contributed by atoms with Gasteiger partial charge in [0.25, 0.3) is 0 Å². The summed E-state index contributed by atoms with van der Waals surface area (Å²) in [6.45, 7) is 7.84. The molecular weight excluding hydrogens is 336 g/mol. The van der Waals surface area contributed by atoms with Crippen LogP contribution in [-0.2, 0) is 27.8 Å². The summed E-state index contributed by atoms with van der Waals surface area (Å²) in [5.74, 6) is 1.18. The van der Waals surface area contributed by atoms with E-state index in [0.717, 1.165) is 18.4 Å². The molecule has 2 rings (SSSR count). The molecule has 0 unspecified atom stereocenters. The molecule has 0 saturated heterocycles. The van der Waals surface area contributed by atoms with Crippen molar-refractivity contribution in [2.45, 2.75) is 52.3 Å². The molecule has 2 atom stereocenters. The van der Waals surface area contributed by atoms with Crippen LogP contribution in [0.15, 0.2) is 28.7 Å². The number of hydrogen-bond donors (Lipinski definition) is 1. The molecule has 5 nitrogen and oxygen atoms in total. The second kappa shape index (κ2) is 8.94. The topological polar surface area (TPSA) is 72.2 Å². The van der Waals surface area contributed by atoms with Gasteiger partial charge in [-0.2, -0.15) is 0 Å². The highest BCUT2D eigenvalue weighted by Gasteiger charge is 2.16. The third-order valence-corrected chi connectivity index (χ3v) is 5.29. The second-order valence-corrected chi connectivity index (χ2v) is 7.63. The Morgan fingerprint density at radius 1 is 1.28 bits per heavy atom. The molecule has 6 heteroatoms. The molecular formula is C19H26N2O3S. The largest absolute Gasteiger partial charge is 0.441 e. The van der Waals surface area contributed by atoms with E-state index in [0.29, 0.717) is 17.3 Å². The normalized spacial score (nSPS) is 13.4. The van der Waals surface area contributed by atoms with Crippen molar-refractivity contribution >= 4 is 16.7 Å². The summed E-state index contributed by atoms with van der Waals surface area (Å²) in [6, 6.07) is 8.14. The molecule has 1 amide bonds. The van der Waals surface area contributed by atoms with Gasteiger partial charge >= 0.3 is 0 Å². The van der Waals surface area contributed by atoms with Crippen LogP contribution in [-0.4, -0.2) is 26.9 Å². The van der Waals surface area contributed by atoms with Crippen LogP contribution in [0, 0.1) is 6.92 Å². The number of amides is 1. The highest BCUT2D eigenvalue weighted by molar-refractivity contribution is 7.84. The quantitative estimate of drug-likeness (QED) is 0.781. The number of hydrogen-bond acceptors (Lipinski definition) is 4. The minimum absolute atomic E-state index is 0.0167. The second-order valence-electron chi connectivity index (χ2n) is 6.18.